The third-order valence-electron chi connectivity index (χ3n) is 12.5. The smallest absolute Gasteiger partial charge is 0.279 e. The summed E-state index contributed by atoms with van der Waals surface area (Å²) in [6.45, 7) is 3.23. The summed E-state index contributed by atoms with van der Waals surface area (Å²) in [6.07, 6.45) is -4.89. The second kappa shape index (κ2) is 9.35. The first-order valence-electron chi connectivity index (χ1n) is 16.1. The molecule has 13 nitrogen and oxygen atoms in total. The van der Waals surface area contributed by atoms with Gasteiger partial charge in [-0.2, -0.15) is 0 Å². The van der Waals surface area contributed by atoms with E-state index in [9.17, 15) is 19.8 Å². The van der Waals surface area contributed by atoms with Gasteiger partial charge in [-0.05, 0) is 70.4 Å². The van der Waals surface area contributed by atoms with Gasteiger partial charge in [-0.1, -0.05) is 50.2 Å². The number of hydrogen-bond donors (Lipinski definition) is 4. The molecule has 4 bridgehead atoms. The maximum Gasteiger partial charge on any atom is 0.279 e. The topological polar surface area (TPSA) is 155 Å². The number of fused-ring (bicyclic) bond motifs is 7. The van der Waals surface area contributed by atoms with Gasteiger partial charge in [0.05, 0.1) is 17.4 Å². The average Bonchev–Trinajstić information content (AvgIpc) is 3.71. The van der Waals surface area contributed by atoms with Crippen LogP contribution in [0, 0.1) is 5.92 Å². The lowest BCUT2D eigenvalue weighted by molar-refractivity contribution is -0.263. The van der Waals surface area contributed by atoms with Crippen molar-refractivity contribution in [2.45, 2.75) is 70.7 Å². The highest BCUT2D eigenvalue weighted by molar-refractivity contribution is 9.26. The highest BCUT2D eigenvalue weighted by atomic mass is 33.7. The number of rotatable bonds is 2. The van der Waals surface area contributed by atoms with E-state index in [1.165, 1.54) is 53.2 Å². The minimum Gasteiger partial charge on any atom is -0.394 e. The van der Waals surface area contributed by atoms with Crippen molar-refractivity contribution in [1.29, 1.82) is 0 Å². The number of nitrogens with zero attached hydrogens (tertiary/aromatic N) is 4. The van der Waals surface area contributed by atoms with Gasteiger partial charge in [0, 0.05) is 25.5 Å². The molecule has 0 saturated carbocycles. The Bertz CT molecular complexity index is 1940. The van der Waals surface area contributed by atoms with Crippen LogP contribution in [0.3, 0.4) is 0 Å². The van der Waals surface area contributed by atoms with Crippen molar-refractivity contribution in [3.8, 4) is 0 Å². The Morgan fingerprint density at radius 1 is 0.837 bits per heavy atom. The summed E-state index contributed by atoms with van der Waals surface area (Å²) in [5.41, 5.74) is -2.51. The first kappa shape index (κ1) is 31.0. The van der Waals surface area contributed by atoms with E-state index < -0.39 is 75.3 Å². The van der Waals surface area contributed by atoms with Crippen LogP contribution in [0.2, 0.25) is 0 Å². The number of benzene rings is 2. The number of aliphatic hydroxyl groups is 2. The molecule has 0 aromatic heterocycles. The van der Waals surface area contributed by atoms with Crippen LogP contribution in [-0.2, 0) is 34.7 Å². The van der Waals surface area contributed by atoms with Crippen LogP contribution in [0.15, 0.2) is 48.5 Å². The Balaban J connectivity index is 1.37. The lowest BCUT2D eigenvalue weighted by Crippen LogP contribution is -2.81. The largest absolute Gasteiger partial charge is 0.394 e. The van der Waals surface area contributed by atoms with E-state index in [0.29, 0.717) is 22.5 Å². The summed E-state index contributed by atoms with van der Waals surface area (Å²) in [4.78, 5) is 63.0. The summed E-state index contributed by atoms with van der Waals surface area (Å²) in [5, 5.41) is 30.8. The third-order valence-corrected chi connectivity index (χ3v) is 20.1. The molecular formula is C32H32N6O7S4. The molecule has 10 atom stereocenters. The minimum absolute atomic E-state index is 0.270. The quantitative estimate of drug-likeness (QED) is 0.330. The van der Waals surface area contributed by atoms with E-state index in [1.54, 1.807) is 16.8 Å². The molecule has 9 aliphatic rings. The molecule has 4 N–H and O–H groups in total. The zero-order valence-electron chi connectivity index (χ0n) is 26.6. The number of aliphatic hydroxyl groups excluding tert-OH is 2. The Hall–Kier alpha value is -2.80. The molecule has 11 rings (SSSR count). The van der Waals surface area contributed by atoms with Gasteiger partial charge in [-0.3, -0.25) is 29.0 Å². The number of hydrogen-bond acceptors (Lipinski definition) is 13. The highest BCUT2D eigenvalue weighted by Gasteiger charge is 2.95. The van der Waals surface area contributed by atoms with Crippen molar-refractivity contribution in [2.75, 3.05) is 31.3 Å². The number of carbonyl (C=O) groups is 4. The Labute approximate surface area is 296 Å². The SMILES string of the molecule is CC(C)[C@@]12SSSS[C@]3(C(=O)N1C)[C@H]1O[C@@]45C(=O)N(C)[C@H](CO)C(=O)N4[C@@H]4Nc6ccccc6[C@@]4([C@@H]5O)[C@]14c1ccccc1N[C@@H]4N3C2=O. The standard InChI is InChI=1S/C32H32N6O7S4/c1-14(2)31-27(44)38-24-29(16-10-6-8-12-18(16)34-24)22(32(38,26(43)36(31)4)47-49-48-46-31)45-30-21(41)28(29)15-9-5-7-11-17(15)33-23(28)37(30)20(40)19(13-39)35(3)25(30)42/h5-12,14,19,21-24,33-34,39,41H,13H2,1-4H3/t19-,21+,22+,23+,24-,28+,29-,30+,31+,32+/m1/s1. The van der Waals surface area contributed by atoms with Gasteiger partial charge in [0.2, 0.25) is 4.87 Å². The van der Waals surface area contributed by atoms with Crippen molar-refractivity contribution in [3.05, 3.63) is 59.7 Å². The van der Waals surface area contributed by atoms with E-state index >= 15 is 9.59 Å². The van der Waals surface area contributed by atoms with Gasteiger partial charge < -0.3 is 35.4 Å². The normalized spacial score (nSPS) is 43.7. The number of carbonyl (C=O) groups excluding carboxylic acids is 4. The molecule has 17 heteroatoms. The average molecular weight is 741 g/mol. The zero-order valence-corrected chi connectivity index (χ0v) is 29.9. The first-order chi connectivity index (χ1) is 23.5. The van der Waals surface area contributed by atoms with Gasteiger partial charge in [-0.25, -0.2) is 0 Å². The van der Waals surface area contributed by atoms with Crippen molar-refractivity contribution in [3.63, 3.8) is 0 Å². The predicted molar refractivity (Wildman–Crippen MR) is 185 cm³/mol. The lowest BCUT2D eigenvalue weighted by atomic mass is 9.50. The molecule has 7 saturated heterocycles. The van der Waals surface area contributed by atoms with Crippen LogP contribution < -0.4 is 10.6 Å². The number of likely N-dealkylation sites (N-methyl/N-ethyl adjacent to an activating group) is 2. The van der Waals surface area contributed by atoms with Crippen molar-refractivity contribution in [2.24, 2.45) is 5.92 Å². The van der Waals surface area contributed by atoms with Crippen LogP contribution in [0.25, 0.3) is 0 Å². The molecule has 0 aliphatic carbocycles. The number of nitrogens with one attached hydrogen (secondary N) is 2. The van der Waals surface area contributed by atoms with Crippen LogP contribution in [-0.4, -0.2) is 120 Å². The van der Waals surface area contributed by atoms with Crippen LogP contribution in [0.1, 0.15) is 25.0 Å². The molecule has 2 aromatic carbocycles. The van der Waals surface area contributed by atoms with E-state index in [0.717, 1.165) is 4.90 Å². The molecule has 4 amide bonds. The van der Waals surface area contributed by atoms with Crippen molar-refractivity contribution in [1.82, 2.24) is 19.6 Å². The van der Waals surface area contributed by atoms with E-state index in [1.807, 2.05) is 62.4 Å². The van der Waals surface area contributed by atoms with E-state index in [2.05, 4.69) is 10.6 Å². The zero-order chi connectivity index (χ0) is 34.2. The van der Waals surface area contributed by atoms with E-state index in [-0.39, 0.29) is 17.7 Å². The van der Waals surface area contributed by atoms with E-state index in [4.69, 9.17) is 4.74 Å². The first-order valence-corrected chi connectivity index (χ1v) is 20.9. The number of ether oxygens (including phenoxy) is 1. The van der Waals surface area contributed by atoms with Crippen molar-refractivity contribution >= 4 is 76.2 Å². The lowest BCUT2D eigenvalue weighted by Gasteiger charge is -2.59. The summed E-state index contributed by atoms with van der Waals surface area (Å²) >= 11 is 0. The van der Waals surface area contributed by atoms with Gasteiger partial charge in [0.15, 0.2) is 4.87 Å². The van der Waals surface area contributed by atoms with Crippen molar-refractivity contribution < 1.29 is 34.1 Å². The molecule has 0 unspecified atom stereocenters. The minimum atomic E-state index is -2.28. The van der Waals surface area contributed by atoms with Crippen LogP contribution >= 0.6 is 41.2 Å². The fraction of sp³-hybridized carbons (Fsp3) is 0.500. The number of piperazine rings is 2. The maximum atomic E-state index is 15.5. The molecule has 2 aromatic rings. The van der Waals surface area contributed by atoms with Gasteiger partial charge >= 0.3 is 0 Å². The predicted octanol–water partition coefficient (Wildman–Crippen LogP) is 1.55. The fourth-order valence-corrected chi connectivity index (χ4v) is 18.8. The monoisotopic (exact) mass is 740 g/mol. The molecule has 9 heterocycles. The number of amides is 4. The molecule has 7 fully saturated rings. The highest BCUT2D eigenvalue weighted by Crippen LogP contribution is 2.79. The molecule has 4 spiro atoms. The van der Waals surface area contributed by atoms with Gasteiger partial charge in [0.25, 0.3) is 29.4 Å². The molecule has 256 valence electrons. The number of para-hydroxylation sites is 2. The second-order valence-electron chi connectivity index (χ2n) is 14.2. The summed E-state index contributed by atoms with van der Waals surface area (Å²) in [7, 11) is 8.45. The fourth-order valence-electron chi connectivity index (χ4n) is 10.7. The molecule has 9 aliphatic heterocycles. The third kappa shape index (κ3) is 2.78. The Kier molecular flexibility index (Phi) is 5.91. The van der Waals surface area contributed by atoms with Crippen LogP contribution in [0.4, 0.5) is 11.4 Å². The maximum absolute atomic E-state index is 15.5. The Morgan fingerprint density at radius 2 is 1.43 bits per heavy atom. The summed E-state index contributed by atoms with van der Waals surface area (Å²) in [6, 6.07) is 13.8. The summed E-state index contributed by atoms with van der Waals surface area (Å²) < 4.78 is 7.21. The second-order valence-corrected chi connectivity index (χ2v) is 20.3. The molecular weight excluding hydrogens is 709 g/mol. The molecule has 0 radical (unpaired) electrons. The number of anilines is 2. The Morgan fingerprint density at radius 3 is 2.06 bits per heavy atom. The van der Waals surface area contributed by atoms with Gasteiger partial charge in [0.1, 0.15) is 30.6 Å². The van der Waals surface area contributed by atoms with Crippen LogP contribution in [0.5, 0.6) is 0 Å². The molecule has 49 heavy (non-hydrogen) atoms. The van der Waals surface area contributed by atoms with Gasteiger partial charge in [-0.15, -0.1) is 0 Å². The summed E-state index contributed by atoms with van der Waals surface area (Å²) in [5.74, 6) is -2.21.